The Balaban J connectivity index is 2.09. The molecule has 1 heterocycles. The first kappa shape index (κ1) is 13.5. The molecular weight excluding hydrogens is 227 g/mol. The Morgan fingerprint density at radius 1 is 1.44 bits per heavy atom. The van der Waals surface area contributed by atoms with Crippen LogP contribution in [0.1, 0.15) is 32.3 Å². The van der Waals surface area contributed by atoms with Crippen molar-refractivity contribution in [1.29, 1.82) is 0 Å². The summed E-state index contributed by atoms with van der Waals surface area (Å²) in [5, 5.41) is 0. The summed E-state index contributed by atoms with van der Waals surface area (Å²) in [6, 6.07) is 6.92. The number of rotatable bonds is 3. The molecule has 2 unspecified atom stereocenters. The van der Waals surface area contributed by atoms with Crippen LogP contribution < -0.4 is 5.73 Å². The van der Waals surface area contributed by atoms with Crippen LogP contribution in [0.3, 0.4) is 0 Å². The van der Waals surface area contributed by atoms with Crippen molar-refractivity contribution >= 4 is 0 Å². The Kier molecular flexibility index (Phi) is 4.03. The van der Waals surface area contributed by atoms with Gasteiger partial charge in [0, 0.05) is 13.0 Å². The van der Waals surface area contributed by atoms with E-state index >= 15 is 0 Å². The summed E-state index contributed by atoms with van der Waals surface area (Å²) in [6.07, 6.45) is 3.02. The van der Waals surface area contributed by atoms with Crippen molar-refractivity contribution in [3.63, 3.8) is 0 Å². The molecule has 1 aromatic rings. The van der Waals surface area contributed by atoms with E-state index in [1.807, 2.05) is 19.1 Å². The van der Waals surface area contributed by atoms with Gasteiger partial charge in [-0.05, 0) is 43.9 Å². The summed E-state index contributed by atoms with van der Waals surface area (Å²) in [5.41, 5.74) is 6.66. The second kappa shape index (κ2) is 5.37. The molecule has 2 N–H and O–H groups in total. The molecule has 1 aliphatic rings. The van der Waals surface area contributed by atoms with Crippen molar-refractivity contribution in [2.45, 2.75) is 38.8 Å². The molecule has 0 bridgehead atoms. The average molecular weight is 250 g/mol. The van der Waals surface area contributed by atoms with Crippen LogP contribution in [0.15, 0.2) is 24.3 Å². The van der Waals surface area contributed by atoms with E-state index < -0.39 is 5.66 Å². The summed E-state index contributed by atoms with van der Waals surface area (Å²) in [5.74, 6) is 0.529. The molecule has 0 radical (unpaired) electrons. The van der Waals surface area contributed by atoms with Gasteiger partial charge in [0.25, 0.3) is 0 Å². The molecule has 0 amide bonds. The molecule has 0 spiro atoms. The molecule has 1 fully saturated rings. The minimum atomic E-state index is -0.461. The number of halogens is 1. The van der Waals surface area contributed by atoms with Gasteiger partial charge in [-0.15, -0.1) is 0 Å². The number of likely N-dealkylation sites (tertiary alicyclic amines) is 1. The Morgan fingerprint density at radius 3 is 2.83 bits per heavy atom. The fourth-order valence-corrected chi connectivity index (χ4v) is 2.79. The normalized spacial score (nSPS) is 24.8. The molecule has 0 aromatic heterocycles. The van der Waals surface area contributed by atoms with Crippen molar-refractivity contribution in [2.24, 2.45) is 11.7 Å². The minimum Gasteiger partial charge on any atom is -0.313 e. The van der Waals surface area contributed by atoms with E-state index in [4.69, 9.17) is 5.73 Å². The van der Waals surface area contributed by atoms with Gasteiger partial charge < -0.3 is 5.73 Å². The first-order valence-corrected chi connectivity index (χ1v) is 6.76. The van der Waals surface area contributed by atoms with Gasteiger partial charge in [0.2, 0.25) is 0 Å². The number of piperidine rings is 1. The molecule has 18 heavy (non-hydrogen) atoms. The van der Waals surface area contributed by atoms with Gasteiger partial charge >= 0.3 is 0 Å². The highest BCUT2D eigenvalue weighted by atomic mass is 19.1. The van der Waals surface area contributed by atoms with Gasteiger partial charge in [-0.1, -0.05) is 25.1 Å². The van der Waals surface area contributed by atoms with Crippen LogP contribution in [0.5, 0.6) is 0 Å². The molecule has 0 aliphatic carbocycles. The van der Waals surface area contributed by atoms with E-state index in [0.717, 1.165) is 13.1 Å². The second-order valence-corrected chi connectivity index (χ2v) is 5.82. The molecule has 100 valence electrons. The maximum absolute atomic E-state index is 13.7. The van der Waals surface area contributed by atoms with Crippen LogP contribution >= 0.6 is 0 Å². The highest BCUT2D eigenvalue weighted by Gasteiger charge is 2.31. The van der Waals surface area contributed by atoms with Gasteiger partial charge in [0.05, 0.1) is 5.66 Å². The Labute approximate surface area is 109 Å². The number of nitrogens with two attached hydrogens (primary N) is 1. The van der Waals surface area contributed by atoms with Gasteiger partial charge in [0.15, 0.2) is 0 Å². The van der Waals surface area contributed by atoms with Crippen LogP contribution in [-0.4, -0.2) is 23.7 Å². The zero-order chi connectivity index (χ0) is 13.2. The van der Waals surface area contributed by atoms with E-state index in [0.29, 0.717) is 17.9 Å². The summed E-state index contributed by atoms with van der Waals surface area (Å²) in [7, 11) is 0. The SMILES string of the molecule is CC1CCCN(C(C)(N)Cc2ccccc2F)C1. The number of hydrogen-bond acceptors (Lipinski definition) is 2. The average Bonchev–Trinajstić information content (AvgIpc) is 2.32. The molecular formula is C15H23FN2. The smallest absolute Gasteiger partial charge is 0.126 e. The van der Waals surface area contributed by atoms with Crippen LogP contribution in [0.2, 0.25) is 0 Å². The number of benzene rings is 1. The first-order valence-electron chi connectivity index (χ1n) is 6.76. The lowest BCUT2D eigenvalue weighted by atomic mass is 9.93. The monoisotopic (exact) mass is 250 g/mol. The lowest BCUT2D eigenvalue weighted by Crippen LogP contribution is -2.58. The van der Waals surface area contributed by atoms with E-state index in [1.54, 1.807) is 6.07 Å². The minimum absolute atomic E-state index is 0.153. The van der Waals surface area contributed by atoms with Crippen molar-refractivity contribution in [3.05, 3.63) is 35.6 Å². The fourth-order valence-electron chi connectivity index (χ4n) is 2.79. The molecule has 1 aliphatic heterocycles. The fraction of sp³-hybridized carbons (Fsp3) is 0.600. The molecule has 2 nitrogen and oxygen atoms in total. The number of hydrogen-bond donors (Lipinski definition) is 1. The lowest BCUT2D eigenvalue weighted by molar-refractivity contribution is 0.0621. The summed E-state index contributed by atoms with van der Waals surface area (Å²) >= 11 is 0. The second-order valence-electron chi connectivity index (χ2n) is 5.82. The quantitative estimate of drug-likeness (QED) is 0.894. The predicted molar refractivity (Wildman–Crippen MR) is 72.7 cm³/mol. The molecule has 0 saturated carbocycles. The standard InChI is InChI=1S/C15H23FN2/c1-12-6-5-9-18(11-12)15(2,17)10-13-7-3-4-8-14(13)16/h3-4,7-8,12H,5-6,9-11,17H2,1-2H3. The Morgan fingerprint density at radius 2 is 2.17 bits per heavy atom. The van der Waals surface area contributed by atoms with E-state index in [2.05, 4.69) is 11.8 Å². The topological polar surface area (TPSA) is 29.3 Å². The van der Waals surface area contributed by atoms with E-state index in [1.165, 1.54) is 18.9 Å². The number of nitrogens with zero attached hydrogens (tertiary/aromatic N) is 1. The van der Waals surface area contributed by atoms with Gasteiger partial charge in [-0.25, -0.2) is 4.39 Å². The molecule has 3 heteroatoms. The zero-order valence-electron chi connectivity index (χ0n) is 11.3. The highest BCUT2D eigenvalue weighted by Crippen LogP contribution is 2.24. The van der Waals surface area contributed by atoms with Gasteiger partial charge in [-0.3, -0.25) is 4.90 Å². The van der Waals surface area contributed by atoms with Gasteiger partial charge in [0.1, 0.15) is 5.82 Å². The lowest BCUT2D eigenvalue weighted by Gasteiger charge is -2.42. The molecule has 1 saturated heterocycles. The van der Waals surface area contributed by atoms with Gasteiger partial charge in [-0.2, -0.15) is 0 Å². The maximum atomic E-state index is 13.7. The molecule has 1 aromatic carbocycles. The summed E-state index contributed by atoms with van der Waals surface area (Å²) in [4.78, 5) is 2.30. The largest absolute Gasteiger partial charge is 0.313 e. The first-order chi connectivity index (χ1) is 8.49. The van der Waals surface area contributed by atoms with E-state index in [9.17, 15) is 4.39 Å². The van der Waals surface area contributed by atoms with Crippen LogP contribution in [0.4, 0.5) is 4.39 Å². The molecule has 2 atom stereocenters. The predicted octanol–water partition coefficient (Wildman–Crippen LogP) is 2.78. The van der Waals surface area contributed by atoms with Crippen molar-refractivity contribution in [2.75, 3.05) is 13.1 Å². The summed E-state index contributed by atoms with van der Waals surface area (Å²) < 4.78 is 13.7. The highest BCUT2D eigenvalue weighted by molar-refractivity contribution is 5.19. The third-order valence-electron chi connectivity index (χ3n) is 3.89. The zero-order valence-corrected chi connectivity index (χ0v) is 11.3. The van der Waals surface area contributed by atoms with Crippen LogP contribution in [-0.2, 0) is 6.42 Å². The maximum Gasteiger partial charge on any atom is 0.126 e. The molecule has 2 rings (SSSR count). The van der Waals surface area contributed by atoms with Crippen LogP contribution in [0.25, 0.3) is 0 Å². The third-order valence-corrected chi connectivity index (χ3v) is 3.89. The Hall–Kier alpha value is -0.930. The van der Waals surface area contributed by atoms with Crippen molar-refractivity contribution < 1.29 is 4.39 Å². The van der Waals surface area contributed by atoms with E-state index in [-0.39, 0.29) is 5.82 Å². The van der Waals surface area contributed by atoms with Crippen LogP contribution in [0, 0.1) is 11.7 Å². The van der Waals surface area contributed by atoms with Crippen molar-refractivity contribution in [3.8, 4) is 0 Å². The third kappa shape index (κ3) is 3.09. The van der Waals surface area contributed by atoms with Crippen molar-refractivity contribution in [1.82, 2.24) is 4.90 Å². The summed E-state index contributed by atoms with van der Waals surface area (Å²) in [6.45, 7) is 6.30. The Bertz CT molecular complexity index is 403.